The van der Waals surface area contributed by atoms with Crippen LogP contribution in [0, 0.1) is 11.3 Å². The molecule has 0 saturated heterocycles. The number of nitriles is 1. The van der Waals surface area contributed by atoms with Gasteiger partial charge in [0, 0.05) is 6.42 Å². The molecular formula is C22H17N5O. The number of benzene rings is 2. The third-order valence-electron chi connectivity index (χ3n) is 4.46. The van der Waals surface area contributed by atoms with Crippen molar-refractivity contribution in [1.82, 2.24) is 14.5 Å². The minimum atomic E-state index is -0.0769. The molecule has 0 aliphatic carbocycles. The highest BCUT2D eigenvalue weighted by Gasteiger charge is 2.07. The second-order valence-electron chi connectivity index (χ2n) is 6.37. The van der Waals surface area contributed by atoms with Crippen molar-refractivity contribution in [2.75, 3.05) is 5.32 Å². The second-order valence-corrected chi connectivity index (χ2v) is 6.37. The lowest BCUT2D eigenvalue weighted by Crippen LogP contribution is -2.12. The first kappa shape index (κ1) is 17.4. The van der Waals surface area contributed by atoms with Crippen LogP contribution in [-0.4, -0.2) is 20.4 Å². The maximum atomic E-state index is 12.2. The lowest BCUT2D eigenvalue weighted by molar-refractivity contribution is -0.116. The van der Waals surface area contributed by atoms with Crippen molar-refractivity contribution in [2.24, 2.45) is 0 Å². The van der Waals surface area contributed by atoms with Gasteiger partial charge in [0.2, 0.25) is 5.91 Å². The normalized spacial score (nSPS) is 10.5. The van der Waals surface area contributed by atoms with Crippen molar-refractivity contribution in [2.45, 2.75) is 12.8 Å². The van der Waals surface area contributed by atoms with Crippen molar-refractivity contribution in [1.29, 1.82) is 5.26 Å². The number of nitrogens with one attached hydrogen (secondary N) is 1. The molecule has 0 aliphatic heterocycles. The molecule has 2 aromatic heterocycles. The Morgan fingerprint density at radius 2 is 1.86 bits per heavy atom. The average molecular weight is 367 g/mol. The molecule has 6 nitrogen and oxygen atoms in total. The number of aryl methyl sites for hydroxylation is 1. The van der Waals surface area contributed by atoms with Gasteiger partial charge in [0.15, 0.2) is 0 Å². The van der Waals surface area contributed by atoms with E-state index in [0.717, 1.165) is 22.4 Å². The van der Waals surface area contributed by atoms with Crippen LogP contribution in [0.2, 0.25) is 0 Å². The summed E-state index contributed by atoms with van der Waals surface area (Å²) in [5, 5.41) is 11.7. The summed E-state index contributed by atoms with van der Waals surface area (Å²) < 4.78 is 1.91. The van der Waals surface area contributed by atoms with E-state index in [-0.39, 0.29) is 5.91 Å². The summed E-state index contributed by atoms with van der Waals surface area (Å²) in [5.41, 5.74) is 4.18. The Bertz CT molecular complexity index is 1150. The van der Waals surface area contributed by atoms with Gasteiger partial charge in [0.05, 0.1) is 34.6 Å². The minimum Gasteiger partial charge on any atom is -0.325 e. The van der Waals surface area contributed by atoms with Crippen LogP contribution in [0.25, 0.3) is 16.9 Å². The number of hydrogen-bond acceptors (Lipinski definition) is 4. The number of carbonyl (C=O) groups is 1. The van der Waals surface area contributed by atoms with Gasteiger partial charge in [0.25, 0.3) is 0 Å². The Morgan fingerprint density at radius 3 is 2.61 bits per heavy atom. The van der Waals surface area contributed by atoms with Crippen molar-refractivity contribution >= 4 is 22.6 Å². The van der Waals surface area contributed by atoms with E-state index in [1.165, 1.54) is 0 Å². The first-order chi connectivity index (χ1) is 13.7. The minimum absolute atomic E-state index is 0.0769. The lowest BCUT2D eigenvalue weighted by Gasteiger charge is -2.07. The van der Waals surface area contributed by atoms with Crippen molar-refractivity contribution < 1.29 is 4.79 Å². The van der Waals surface area contributed by atoms with Gasteiger partial charge >= 0.3 is 0 Å². The third-order valence-corrected chi connectivity index (χ3v) is 4.46. The molecule has 6 heteroatoms. The molecule has 0 radical (unpaired) electrons. The first-order valence-electron chi connectivity index (χ1n) is 8.90. The molecule has 0 fully saturated rings. The highest BCUT2D eigenvalue weighted by Crippen LogP contribution is 2.17. The SMILES string of the molecule is N#Cc1ccc(CCC(=O)Nc2ccc(-n3cnc4ccccc43)nc2)cc1. The molecule has 28 heavy (non-hydrogen) atoms. The highest BCUT2D eigenvalue weighted by atomic mass is 16.1. The summed E-state index contributed by atoms with van der Waals surface area (Å²) in [6.45, 7) is 0. The Balaban J connectivity index is 1.38. The number of hydrogen-bond donors (Lipinski definition) is 1. The first-order valence-corrected chi connectivity index (χ1v) is 8.90. The van der Waals surface area contributed by atoms with Crippen LogP contribution >= 0.6 is 0 Å². The Labute approximate surface area is 162 Å². The molecule has 2 heterocycles. The molecule has 4 aromatic rings. The summed E-state index contributed by atoms with van der Waals surface area (Å²) >= 11 is 0. The average Bonchev–Trinajstić information content (AvgIpc) is 3.17. The molecule has 1 amide bonds. The van der Waals surface area contributed by atoms with Crippen LogP contribution < -0.4 is 5.32 Å². The number of imidazole rings is 1. The van der Waals surface area contributed by atoms with Crippen LogP contribution in [0.4, 0.5) is 5.69 Å². The Hall–Kier alpha value is -3.98. The monoisotopic (exact) mass is 367 g/mol. The largest absolute Gasteiger partial charge is 0.325 e. The van der Waals surface area contributed by atoms with Gasteiger partial charge in [-0.3, -0.25) is 9.36 Å². The van der Waals surface area contributed by atoms with Crippen LogP contribution in [0.1, 0.15) is 17.5 Å². The maximum Gasteiger partial charge on any atom is 0.224 e. The predicted molar refractivity (Wildman–Crippen MR) is 107 cm³/mol. The molecule has 0 unspecified atom stereocenters. The number of fused-ring (bicyclic) bond motifs is 1. The number of aromatic nitrogens is 3. The van der Waals surface area contributed by atoms with Crippen molar-refractivity contribution in [3.63, 3.8) is 0 Å². The number of amides is 1. The van der Waals surface area contributed by atoms with Crippen LogP contribution in [0.5, 0.6) is 0 Å². The van der Waals surface area contributed by atoms with E-state index in [1.54, 1.807) is 24.7 Å². The van der Waals surface area contributed by atoms with E-state index in [9.17, 15) is 4.79 Å². The molecule has 136 valence electrons. The van der Waals surface area contributed by atoms with Crippen LogP contribution in [0.3, 0.4) is 0 Å². The van der Waals surface area contributed by atoms with E-state index in [0.29, 0.717) is 24.1 Å². The molecule has 0 atom stereocenters. The summed E-state index contributed by atoms with van der Waals surface area (Å²) in [6.07, 6.45) is 4.36. The summed E-state index contributed by atoms with van der Waals surface area (Å²) in [4.78, 5) is 21.0. The van der Waals surface area contributed by atoms with Gasteiger partial charge in [-0.15, -0.1) is 0 Å². The molecule has 2 aromatic carbocycles. The van der Waals surface area contributed by atoms with Crippen molar-refractivity contribution in [3.8, 4) is 11.9 Å². The van der Waals surface area contributed by atoms with E-state index in [2.05, 4.69) is 21.4 Å². The summed E-state index contributed by atoms with van der Waals surface area (Å²) in [6, 6.07) is 20.9. The fraction of sp³-hybridized carbons (Fsp3) is 0.0909. The summed E-state index contributed by atoms with van der Waals surface area (Å²) in [7, 11) is 0. The van der Waals surface area contributed by atoms with Crippen LogP contribution in [0.15, 0.2) is 73.2 Å². The second kappa shape index (κ2) is 7.72. The third kappa shape index (κ3) is 3.74. The van der Waals surface area contributed by atoms with Crippen molar-refractivity contribution in [3.05, 3.63) is 84.3 Å². The summed E-state index contributed by atoms with van der Waals surface area (Å²) in [5.74, 6) is 0.663. The fourth-order valence-electron chi connectivity index (χ4n) is 2.97. The van der Waals surface area contributed by atoms with Crippen LogP contribution in [-0.2, 0) is 11.2 Å². The highest BCUT2D eigenvalue weighted by molar-refractivity contribution is 5.90. The molecule has 0 bridgehead atoms. The van der Waals surface area contributed by atoms with E-state index in [4.69, 9.17) is 5.26 Å². The molecular weight excluding hydrogens is 350 g/mol. The van der Waals surface area contributed by atoms with Gasteiger partial charge in [-0.1, -0.05) is 24.3 Å². The van der Waals surface area contributed by atoms with Gasteiger partial charge in [-0.25, -0.2) is 9.97 Å². The Kier molecular flexibility index (Phi) is 4.81. The van der Waals surface area contributed by atoms with Gasteiger partial charge < -0.3 is 5.32 Å². The lowest BCUT2D eigenvalue weighted by atomic mass is 10.1. The van der Waals surface area contributed by atoms with Gasteiger partial charge in [-0.2, -0.15) is 5.26 Å². The number of carbonyl (C=O) groups excluding carboxylic acids is 1. The molecule has 0 aliphatic rings. The standard InChI is InChI=1S/C22H17N5O/c23-13-17-7-5-16(6-8-17)9-12-22(28)26-18-10-11-21(24-14-18)27-15-25-19-3-1-2-4-20(19)27/h1-8,10-11,14-15H,9,12H2,(H,26,28). The van der Waals surface area contributed by atoms with E-state index in [1.807, 2.05) is 53.1 Å². The van der Waals surface area contributed by atoms with E-state index >= 15 is 0 Å². The van der Waals surface area contributed by atoms with Gasteiger partial charge in [0.1, 0.15) is 12.1 Å². The number of pyridine rings is 1. The zero-order valence-corrected chi connectivity index (χ0v) is 15.0. The number of nitrogens with zero attached hydrogens (tertiary/aromatic N) is 4. The topological polar surface area (TPSA) is 83.6 Å². The zero-order chi connectivity index (χ0) is 19.3. The maximum absolute atomic E-state index is 12.2. The van der Waals surface area contributed by atoms with E-state index < -0.39 is 0 Å². The molecule has 1 N–H and O–H groups in total. The number of rotatable bonds is 5. The molecule has 4 rings (SSSR count). The fourth-order valence-corrected chi connectivity index (χ4v) is 2.97. The smallest absolute Gasteiger partial charge is 0.224 e. The molecule has 0 spiro atoms. The number of para-hydroxylation sites is 2. The quantitative estimate of drug-likeness (QED) is 0.580. The Morgan fingerprint density at radius 1 is 1.04 bits per heavy atom. The number of anilines is 1. The predicted octanol–water partition coefficient (Wildman–Crippen LogP) is 3.86. The molecule has 0 saturated carbocycles. The zero-order valence-electron chi connectivity index (χ0n) is 15.0. The van der Waals surface area contributed by atoms with Gasteiger partial charge in [-0.05, 0) is 48.4 Å².